The Balaban J connectivity index is 2.96. The van der Waals surface area contributed by atoms with E-state index in [2.05, 4.69) is 4.74 Å². The Kier molecular flexibility index (Phi) is 5.09. The Hall–Kier alpha value is -0.930. The van der Waals surface area contributed by atoms with Crippen molar-refractivity contribution in [3.05, 3.63) is 27.7 Å². The van der Waals surface area contributed by atoms with Crippen molar-refractivity contribution in [3.63, 3.8) is 0 Å². The van der Waals surface area contributed by atoms with Crippen LogP contribution in [0.2, 0.25) is 10.0 Å². The minimum Gasteiger partial charge on any atom is -0.488 e. The first-order valence-corrected chi connectivity index (χ1v) is 5.91. The first-order valence-electron chi connectivity index (χ1n) is 5.15. The molecule has 0 amide bonds. The van der Waals surface area contributed by atoms with Crippen LogP contribution < -0.4 is 4.74 Å². The van der Waals surface area contributed by atoms with E-state index in [-0.39, 0.29) is 18.5 Å². The molecule has 0 fully saturated rings. The Labute approximate surface area is 111 Å². The molecule has 0 atom stereocenters. The molecule has 1 aromatic carbocycles. The van der Waals surface area contributed by atoms with E-state index in [9.17, 15) is 4.79 Å². The third-order valence-electron chi connectivity index (χ3n) is 1.99. The molecule has 0 aromatic heterocycles. The number of hydrogen-bond acceptors (Lipinski definition) is 3. The van der Waals surface area contributed by atoms with Crippen LogP contribution in [0.15, 0.2) is 12.1 Å². The fourth-order valence-electron chi connectivity index (χ4n) is 1.30. The first-order chi connectivity index (χ1) is 7.93. The van der Waals surface area contributed by atoms with Gasteiger partial charge >= 0.3 is 5.97 Å². The van der Waals surface area contributed by atoms with Crippen LogP contribution in [0.25, 0.3) is 0 Å². The number of methoxy groups -OCH3 is 1. The molecule has 0 radical (unpaired) electrons. The van der Waals surface area contributed by atoms with Crippen LogP contribution in [0.5, 0.6) is 5.75 Å². The maximum Gasteiger partial charge on any atom is 0.309 e. The molecule has 0 unspecified atom stereocenters. The van der Waals surface area contributed by atoms with Gasteiger partial charge in [-0.15, -0.1) is 0 Å². The number of carbonyl (C=O) groups excluding carboxylic acids is 1. The molecule has 17 heavy (non-hydrogen) atoms. The Bertz CT molecular complexity index is 393. The second-order valence-electron chi connectivity index (χ2n) is 3.81. The highest BCUT2D eigenvalue weighted by atomic mass is 35.5. The zero-order valence-corrected chi connectivity index (χ0v) is 11.4. The van der Waals surface area contributed by atoms with E-state index in [1.54, 1.807) is 12.1 Å². The number of benzene rings is 1. The molecule has 0 aliphatic heterocycles. The average molecular weight is 277 g/mol. The van der Waals surface area contributed by atoms with Crippen LogP contribution in [-0.2, 0) is 16.0 Å². The summed E-state index contributed by atoms with van der Waals surface area (Å²) in [5.74, 6) is 0.103. The van der Waals surface area contributed by atoms with Gasteiger partial charge in [-0.05, 0) is 31.5 Å². The van der Waals surface area contributed by atoms with Crippen LogP contribution in [-0.4, -0.2) is 19.2 Å². The molecule has 0 N–H and O–H groups in total. The van der Waals surface area contributed by atoms with Crippen molar-refractivity contribution < 1.29 is 14.3 Å². The predicted octanol–water partition coefficient (Wildman–Crippen LogP) is 3.50. The Morgan fingerprint density at radius 2 is 1.82 bits per heavy atom. The minimum absolute atomic E-state index is 0.0172. The lowest BCUT2D eigenvalue weighted by Crippen LogP contribution is -2.08. The second-order valence-corrected chi connectivity index (χ2v) is 4.62. The summed E-state index contributed by atoms with van der Waals surface area (Å²) in [6.07, 6.45) is 0.120. The highest BCUT2D eigenvalue weighted by Gasteiger charge is 2.13. The molecule has 0 saturated heterocycles. The van der Waals surface area contributed by atoms with Crippen LogP contribution >= 0.6 is 23.2 Å². The van der Waals surface area contributed by atoms with Gasteiger partial charge in [0.25, 0.3) is 0 Å². The van der Waals surface area contributed by atoms with Gasteiger partial charge < -0.3 is 9.47 Å². The molecule has 0 saturated carbocycles. The van der Waals surface area contributed by atoms with Gasteiger partial charge in [-0.2, -0.15) is 0 Å². The molecular weight excluding hydrogens is 263 g/mol. The van der Waals surface area contributed by atoms with E-state index in [1.807, 2.05) is 13.8 Å². The smallest absolute Gasteiger partial charge is 0.309 e. The third-order valence-corrected chi connectivity index (χ3v) is 2.55. The topological polar surface area (TPSA) is 35.5 Å². The molecule has 0 spiro atoms. The number of ether oxygens (including phenoxy) is 2. The van der Waals surface area contributed by atoms with Gasteiger partial charge in [0.05, 0.1) is 29.7 Å². The summed E-state index contributed by atoms with van der Waals surface area (Å²) in [7, 11) is 1.34. The molecule has 94 valence electrons. The van der Waals surface area contributed by atoms with Crippen molar-refractivity contribution in [2.75, 3.05) is 7.11 Å². The first kappa shape index (κ1) is 14.1. The Morgan fingerprint density at radius 1 is 1.29 bits per heavy atom. The molecule has 0 aliphatic rings. The quantitative estimate of drug-likeness (QED) is 0.790. The Morgan fingerprint density at radius 3 is 2.24 bits per heavy atom. The van der Waals surface area contributed by atoms with Gasteiger partial charge in [0.15, 0.2) is 5.75 Å². The highest BCUT2D eigenvalue weighted by molar-refractivity contribution is 6.37. The summed E-state index contributed by atoms with van der Waals surface area (Å²) in [5.41, 5.74) is 0.697. The highest BCUT2D eigenvalue weighted by Crippen LogP contribution is 2.35. The monoisotopic (exact) mass is 276 g/mol. The summed E-state index contributed by atoms with van der Waals surface area (Å²) in [6, 6.07) is 3.31. The molecule has 1 aromatic rings. The van der Waals surface area contributed by atoms with Crippen molar-refractivity contribution in [2.45, 2.75) is 26.4 Å². The maximum absolute atomic E-state index is 11.1. The van der Waals surface area contributed by atoms with Crippen molar-refractivity contribution in [1.29, 1.82) is 0 Å². The molecular formula is C12H14Cl2O3. The van der Waals surface area contributed by atoms with E-state index >= 15 is 0 Å². The normalized spacial score (nSPS) is 10.5. The van der Waals surface area contributed by atoms with Gasteiger partial charge in [-0.3, -0.25) is 4.79 Å². The van der Waals surface area contributed by atoms with E-state index in [1.165, 1.54) is 7.11 Å². The zero-order valence-electron chi connectivity index (χ0n) is 9.92. The number of carbonyl (C=O) groups is 1. The fraction of sp³-hybridized carbons (Fsp3) is 0.417. The number of halogens is 2. The van der Waals surface area contributed by atoms with Crippen molar-refractivity contribution in [2.24, 2.45) is 0 Å². The van der Waals surface area contributed by atoms with Crippen LogP contribution in [0.4, 0.5) is 0 Å². The summed E-state index contributed by atoms with van der Waals surface area (Å²) >= 11 is 12.1. The van der Waals surface area contributed by atoms with E-state index < -0.39 is 0 Å². The summed E-state index contributed by atoms with van der Waals surface area (Å²) in [5, 5.41) is 0.787. The lowest BCUT2D eigenvalue weighted by Gasteiger charge is -2.14. The summed E-state index contributed by atoms with van der Waals surface area (Å²) < 4.78 is 10.1. The zero-order chi connectivity index (χ0) is 13.0. The van der Waals surface area contributed by atoms with Gasteiger partial charge in [-0.25, -0.2) is 0 Å². The molecule has 0 bridgehead atoms. The van der Waals surface area contributed by atoms with Crippen molar-refractivity contribution >= 4 is 29.2 Å². The summed E-state index contributed by atoms with van der Waals surface area (Å²) in [6.45, 7) is 3.77. The maximum atomic E-state index is 11.1. The van der Waals surface area contributed by atoms with Crippen LogP contribution in [0.1, 0.15) is 19.4 Å². The third kappa shape index (κ3) is 4.10. The van der Waals surface area contributed by atoms with Crippen molar-refractivity contribution in [3.8, 4) is 5.75 Å². The second kappa shape index (κ2) is 6.12. The van der Waals surface area contributed by atoms with E-state index in [0.717, 1.165) is 0 Å². The largest absolute Gasteiger partial charge is 0.488 e. The minimum atomic E-state index is -0.338. The van der Waals surface area contributed by atoms with Gasteiger partial charge in [0.2, 0.25) is 0 Å². The number of esters is 1. The van der Waals surface area contributed by atoms with Gasteiger partial charge in [0, 0.05) is 0 Å². The SMILES string of the molecule is COC(=O)Cc1cc(Cl)c(OC(C)C)c(Cl)c1. The molecule has 0 heterocycles. The summed E-state index contributed by atoms with van der Waals surface area (Å²) in [4.78, 5) is 11.1. The van der Waals surface area contributed by atoms with Gasteiger partial charge in [0.1, 0.15) is 0 Å². The number of hydrogen-bond donors (Lipinski definition) is 0. The van der Waals surface area contributed by atoms with E-state index in [4.69, 9.17) is 27.9 Å². The lowest BCUT2D eigenvalue weighted by molar-refractivity contribution is -0.139. The lowest BCUT2D eigenvalue weighted by atomic mass is 10.1. The van der Waals surface area contributed by atoms with Crippen LogP contribution in [0.3, 0.4) is 0 Å². The predicted molar refractivity (Wildman–Crippen MR) is 67.9 cm³/mol. The average Bonchev–Trinajstić information content (AvgIpc) is 2.23. The molecule has 3 nitrogen and oxygen atoms in total. The fourth-order valence-corrected chi connectivity index (χ4v) is 1.92. The molecule has 5 heteroatoms. The van der Waals surface area contributed by atoms with Gasteiger partial charge in [-0.1, -0.05) is 23.2 Å². The molecule has 0 aliphatic carbocycles. The standard InChI is InChI=1S/C12H14Cl2O3/c1-7(2)17-12-9(13)4-8(5-10(12)14)6-11(15)16-3/h4-5,7H,6H2,1-3H3. The van der Waals surface area contributed by atoms with Crippen molar-refractivity contribution in [1.82, 2.24) is 0 Å². The number of rotatable bonds is 4. The van der Waals surface area contributed by atoms with E-state index in [0.29, 0.717) is 21.4 Å². The molecule has 1 rings (SSSR count). The van der Waals surface area contributed by atoms with Crippen LogP contribution in [0, 0.1) is 0 Å².